The zero-order valence-corrected chi connectivity index (χ0v) is 24.2. The van der Waals surface area contributed by atoms with Gasteiger partial charge in [0.1, 0.15) is 11.6 Å². The van der Waals surface area contributed by atoms with Crippen LogP contribution in [0.25, 0.3) is 0 Å². The fraction of sp³-hybridized carbons (Fsp3) is 0.767. The van der Waals surface area contributed by atoms with E-state index in [2.05, 4.69) is 13.2 Å². The number of hydrogen-bond acceptors (Lipinski definition) is 5. The maximum absolute atomic E-state index is 14.4. The van der Waals surface area contributed by atoms with Gasteiger partial charge in [0.25, 0.3) is 0 Å². The lowest BCUT2D eigenvalue weighted by Gasteiger charge is -2.42. The molecule has 3 aliphatic heterocycles. The number of nitrogens with zero attached hydrogens (tertiary/aromatic N) is 3. The maximum Gasteiger partial charge on any atom is 0.249 e. The molecular weight excluding hydrogens is 482 g/mol. The second kappa shape index (κ2) is 11.9. The molecule has 3 rings (SSSR count). The molecule has 38 heavy (non-hydrogen) atoms. The molecule has 1 N–H and O–H groups in total. The highest BCUT2D eigenvalue weighted by atomic mass is 16.5. The van der Waals surface area contributed by atoms with E-state index in [0.717, 1.165) is 25.7 Å². The van der Waals surface area contributed by atoms with Gasteiger partial charge < -0.3 is 24.5 Å². The van der Waals surface area contributed by atoms with E-state index in [0.29, 0.717) is 45.4 Å². The Bertz CT molecular complexity index is 914. The van der Waals surface area contributed by atoms with E-state index in [1.165, 1.54) is 0 Å². The molecule has 2 unspecified atom stereocenters. The highest BCUT2D eigenvalue weighted by molar-refractivity contribution is 5.99. The van der Waals surface area contributed by atoms with Crippen LogP contribution in [0, 0.1) is 11.8 Å². The Labute approximate surface area is 229 Å². The molecule has 0 aromatic heterocycles. The van der Waals surface area contributed by atoms with Crippen molar-refractivity contribution < 1.29 is 24.2 Å². The first-order chi connectivity index (χ1) is 17.9. The van der Waals surface area contributed by atoms with Gasteiger partial charge in [0.15, 0.2) is 0 Å². The number of ether oxygens (including phenoxy) is 1. The molecule has 0 aromatic rings. The number of rotatable bonds is 14. The molecule has 1 spiro atoms. The lowest BCUT2D eigenvalue weighted by Crippen LogP contribution is -2.60. The van der Waals surface area contributed by atoms with E-state index in [1.54, 1.807) is 26.9 Å². The quantitative estimate of drug-likeness (QED) is 0.274. The molecule has 0 aromatic carbocycles. The molecular formula is C30H49N3O5. The Balaban J connectivity index is 2.04. The molecule has 3 heterocycles. The number of unbranched alkanes of at least 4 members (excludes halogenated alkanes) is 3. The average molecular weight is 532 g/mol. The van der Waals surface area contributed by atoms with E-state index in [4.69, 9.17) is 9.84 Å². The number of aliphatic hydroxyl groups excluding tert-OH is 1. The van der Waals surface area contributed by atoms with E-state index in [1.807, 2.05) is 34.6 Å². The summed E-state index contributed by atoms with van der Waals surface area (Å²) in [5, 5.41) is 9.15. The summed E-state index contributed by atoms with van der Waals surface area (Å²) < 4.78 is 6.79. The van der Waals surface area contributed by atoms with E-state index in [-0.39, 0.29) is 24.3 Å². The van der Waals surface area contributed by atoms with Crippen LogP contribution in [0.3, 0.4) is 0 Å². The molecule has 3 saturated heterocycles. The summed E-state index contributed by atoms with van der Waals surface area (Å²) in [6.45, 7) is 19.5. The number of aliphatic hydroxyl groups is 1. The molecule has 2 bridgehead atoms. The van der Waals surface area contributed by atoms with Crippen molar-refractivity contribution in [2.24, 2.45) is 11.8 Å². The molecule has 8 nitrogen and oxygen atoms in total. The van der Waals surface area contributed by atoms with Crippen molar-refractivity contribution in [1.82, 2.24) is 14.7 Å². The lowest BCUT2D eigenvalue weighted by molar-refractivity contribution is -0.156. The van der Waals surface area contributed by atoms with Crippen molar-refractivity contribution in [3.63, 3.8) is 0 Å². The maximum atomic E-state index is 14.4. The van der Waals surface area contributed by atoms with Crippen LogP contribution in [-0.4, -0.2) is 93.1 Å². The van der Waals surface area contributed by atoms with E-state index < -0.39 is 34.6 Å². The third kappa shape index (κ3) is 5.31. The first-order valence-electron chi connectivity index (χ1n) is 14.4. The first-order valence-corrected chi connectivity index (χ1v) is 14.4. The minimum absolute atomic E-state index is 0.0797. The van der Waals surface area contributed by atoms with Crippen molar-refractivity contribution in [2.45, 2.75) is 102 Å². The fourth-order valence-corrected chi connectivity index (χ4v) is 6.95. The zero-order chi connectivity index (χ0) is 28.3. The topological polar surface area (TPSA) is 90.4 Å². The van der Waals surface area contributed by atoms with Crippen LogP contribution < -0.4 is 0 Å². The normalized spacial score (nSPS) is 29.9. The molecule has 3 aliphatic rings. The Morgan fingerprint density at radius 3 is 2.34 bits per heavy atom. The molecule has 0 saturated carbocycles. The van der Waals surface area contributed by atoms with Crippen LogP contribution in [0.2, 0.25) is 0 Å². The predicted molar refractivity (Wildman–Crippen MR) is 148 cm³/mol. The molecule has 8 heteroatoms. The van der Waals surface area contributed by atoms with Crippen molar-refractivity contribution >= 4 is 17.7 Å². The smallest absolute Gasteiger partial charge is 0.249 e. The minimum atomic E-state index is -1.02. The third-order valence-electron chi connectivity index (χ3n) is 8.63. The molecule has 3 amide bonds. The lowest BCUT2D eigenvalue weighted by atomic mass is 9.66. The van der Waals surface area contributed by atoms with Crippen LogP contribution in [0.15, 0.2) is 25.3 Å². The van der Waals surface area contributed by atoms with Crippen LogP contribution in [-0.2, 0) is 19.1 Å². The van der Waals surface area contributed by atoms with Gasteiger partial charge in [-0.2, -0.15) is 0 Å². The highest BCUT2D eigenvalue weighted by Gasteiger charge is 2.78. The summed E-state index contributed by atoms with van der Waals surface area (Å²) in [7, 11) is 0. The van der Waals surface area contributed by atoms with Gasteiger partial charge in [0.05, 0.1) is 17.4 Å². The summed E-state index contributed by atoms with van der Waals surface area (Å²) in [6, 6.07) is -0.782. The number of fused-ring (bicyclic) bond motifs is 1. The summed E-state index contributed by atoms with van der Waals surface area (Å²) in [6.07, 6.45) is 8.59. The van der Waals surface area contributed by atoms with Gasteiger partial charge in [-0.15, -0.1) is 13.2 Å². The van der Waals surface area contributed by atoms with E-state index >= 15 is 0 Å². The minimum Gasteiger partial charge on any atom is -0.396 e. The van der Waals surface area contributed by atoms with E-state index in [9.17, 15) is 14.4 Å². The summed E-state index contributed by atoms with van der Waals surface area (Å²) >= 11 is 0. The third-order valence-corrected chi connectivity index (χ3v) is 8.63. The number of hydrogen-bond donors (Lipinski definition) is 1. The van der Waals surface area contributed by atoms with Crippen molar-refractivity contribution in [2.75, 3.05) is 32.8 Å². The van der Waals surface area contributed by atoms with Crippen molar-refractivity contribution in [3.05, 3.63) is 25.3 Å². The van der Waals surface area contributed by atoms with Gasteiger partial charge in [0, 0.05) is 38.3 Å². The molecule has 0 radical (unpaired) electrons. The Hall–Kier alpha value is -2.19. The fourth-order valence-electron chi connectivity index (χ4n) is 6.95. The monoisotopic (exact) mass is 531 g/mol. The number of carbonyl (C=O) groups excluding carboxylic acids is 3. The summed E-state index contributed by atoms with van der Waals surface area (Å²) in [5.41, 5.74) is -2.29. The SMILES string of the molecule is C=CCN(CCC)C(=O)[C@H]1[C@H]2C(=O)N(CCCCCCO)C(C(=O)N(CC=C)C(C)(C)C)C23CC[C@]1(C)O3. The second-order valence-electron chi connectivity index (χ2n) is 12.4. The van der Waals surface area contributed by atoms with Gasteiger partial charge >= 0.3 is 0 Å². The average Bonchev–Trinajstić information content (AvgIpc) is 3.41. The first kappa shape index (κ1) is 30.4. The standard InChI is InChI=1S/C30H49N3O5/c1-8-17-31(18-9-2)25(35)22-23-26(36)32(20-13-11-12-14-21-34)24(30(23)16-15-29(22,7)38-30)27(37)33(19-10-3)28(4,5)6/h8,10,22-24,34H,1,3,9,11-21H2,2,4-7H3/t22-,23+,24?,29+,30?/m1/s1. The van der Waals surface area contributed by atoms with Gasteiger partial charge in [0.2, 0.25) is 17.7 Å². The number of carbonyl (C=O) groups is 3. The molecule has 0 aliphatic carbocycles. The number of amides is 3. The van der Waals surface area contributed by atoms with Gasteiger partial charge in [-0.25, -0.2) is 0 Å². The largest absolute Gasteiger partial charge is 0.396 e. The second-order valence-corrected chi connectivity index (χ2v) is 12.4. The van der Waals surface area contributed by atoms with Crippen molar-refractivity contribution in [1.29, 1.82) is 0 Å². The Kier molecular flexibility index (Phi) is 9.51. The van der Waals surface area contributed by atoms with Crippen molar-refractivity contribution in [3.8, 4) is 0 Å². The van der Waals surface area contributed by atoms with Gasteiger partial charge in [-0.1, -0.05) is 31.9 Å². The van der Waals surface area contributed by atoms with Gasteiger partial charge in [-0.3, -0.25) is 14.4 Å². The molecule has 5 atom stereocenters. The van der Waals surface area contributed by atoms with Crippen LogP contribution in [0.1, 0.15) is 79.6 Å². The zero-order valence-electron chi connectivity index (χ0n) is 24.2. The van der Waals surface area contributed by atoms with Crippen LogP contribution >= 0.6 is 0 Å². The van der Waals surface area contributed by atoms with Crippen LogP contribution in [0.5, 0.6) is 0 Å². The van der Waals surface area contributed by atoms with Gasteiger partial charge in [-0.05, 0) is 59.8 Å². The number of likely N-dealkylation sites (tertiary alicyclic amines) is 1. The molecule has 3 fully saturated rings. The Morgan fingerprint density at radius 2 is 1.76 bits per heavy atom. The van der Waals surface area contributed by atoms with Crippen LogP contribution in [0.4, 0.5) is 0 Å². The highest BCUT2D eigenvalue weighted by Crippen LogP contribution is 2.63. The molecule has 214 valence electrons. The Morgan fingerprint density at radius 1 is 1.11 bits per heavy atom. The summed E-state index contributed by atoms with van der Waals surface area (Å²) in [4.78, 5) is 47.9. The summed E-state index contributed by atoms with van der Waals surface area (Å²) in [5.74, 6) is -1.68. The predicted octanol–water partition coefficient (Wildman–Crippen LogP) is 3.54.